The molecule has 0 aliphatic rings. The second kappa shape index (κ2) is 4.90. The van der Waals surface area contributed by atoms with E-state index in [9.17, 15) is 0 Å². The highest BCUT2D eigenvalue weighted by Gasteiger charge is 2.29. The van der Waals surface area contributed by atoms with Crippen molar-refractivity contribution in [2.24, 2.45) is 5.41 Å². The third-order valence-corrected chi connectivity index (χ3v) is 2.71. The fraction of sp³-hybridized carbons (Fsp3) is 0.800. The summed E-state index contributed by atoms with van der Waals surface area (Å²) in [6.45, 7) is 9.26. The van der Waals surface area contributed by atoms with Crippen molar-refractivity contribution in [3.8, 4) is 0 Å². The van der Waals surface area contributed by atoms with Gasteiger partial charge in [-0.3, -0.25) is 0 Å². The Labute approximate surface area is 95.2 Å². The van der Waals surface area contributed by atoms with E-state index in [1.165, 1.54) is 11.5 Å². The number of rotatable bonds is 4. The smallest absolute Gasteiger partial charge is 0.202 e. The minimum atomic E-state index is -0.0545. The van der Waals surface area contributed by atoms with Gasteiger partial charge in [0.15, 0.2) is 5.82 Å². The summed E-state index contributed by atoms with van der Waals surface area (Å²) in [4.78, 5) is 4.41. The third-order valence-electron chi connectivity index (χ3n) is 2.03. The largest absolute Gasteiger partial charge is 0.373 e. The fourth-order valence-electron chi connectivity index (χ4n) is 1.41. The van der Waals surface area contributed by atoms with E-state index in [4.69, 9.17) is 4.74 Å². The molecule has 5 heteroatoms. The highest BCUT2D eigenvalue weighted by molar-refractivity contribution is 7.09. The molecule has 0 bridgehead atoms. The Bertz CT molecular complexity index is 306. The molecule has 0 saturated heterocycles. The topological polar surface area (TPSA) is 47.0 Å². The average Bonchev–Trinajstić information content (AvgIpc) is 2.52. The first-order valence-corrected chi connectivity index (χ1v) is 5.86. The molecular weight excluding hydrogens is 210 g/mol. The van der Waals surface area contributed by atoms with Crippen LogP contribution in [-0.2, 0) is 4.74 Å². The van der Waals surface area contributed by atoms with Crippen molar-refractivity contribution in [2.45, 2.75) is 33.8 Å². The second-order valence-electron chi connectivity index (χ2n) is 4.47. The summed E-state index contributed by atoms with van der Waals surface area (Å²) in [5.41, 5.74) is 0.0132. The van der Waals surface area contributed by atoms with Gasteiger partial charge in [-0.05, 0) is 12.3 Å². The summed E-state index contributed by atoms with van der Waals surface area (Å²) in [6, 6.07) is 0. The van der Waals surface area contributed by atoms with Crippen LogP contribution in [0.25, 0.3) is 0 Å². The van der Waals surface area contributed by atoms with E-state index >= 15 is 0 Å². The first-order valence-electron chi connectivity index (χ1n) is 5.09. The van der Waals surface area contributed by atoms with Crippen LogP contribution in [0.4, 0.5) is 5.13 Å². The van der Waals surface area contributed by atoms with Gasteiger partial charge in [0.25, 0.3) is 0 Å². The van der Waals surface area contributed by atoms with E-state index in [1.807, 2.05) is 6.92 Å². The number of hydrogen-bond acceptors (Lipinski definition) is 5. The van der Waals surface area contributed by atoms with Crippen molar-refractivity contribution in [3.63, 3.8) is 0 Å². The Morgan fingerprint density at radius 1 is 1.47 bits per heavy atom. The van der Waals surface area contributed by atoms with Crippen LogP contribution in [0.15, 0.2) is 0 Å². The van der Waals surface area contributed by atoms with Gasteiger partial charge < -0.3 is 10.1 Å². The molecule has 0 fully saturated rings. The maximum absolute atomic E-state index is 5.45. The van der Waals surface area contributed by atoms with Crippen molar-refractivity contribution in [1.29, 1.82) is 0 Å². The molecule has 1 rings (SSSR count). The summed E-state index contributed by atoms with van der Waals surface area (Å²) in [5.74, 6) is 0.769. The Morgan fingerprint density at radius 3 is 2.60 bits per heavy atom. The molecule has 1 heterocycles. The number of aromatic nitrogens is 2. The first kappa shape index (κ1) is 12.4. The predicted molar refractivity (Wildman–Crippen MR) is 63.3 cm³/mol. The molecule has 15 heavy (non-hydrogen) atoms. The van der Waals surface area contributed by atoms with Crippen LogP contribution >= 0.6 is 11.5 Å². The van der Waals surface area contributed by atoms with Crippen molar-refractivity contribution in [2.75, 3.05) is 19.0 Å². The van der Waals surface area contributed by atoms with Gasteiger partial charge >= 0.3 is 0 Å². The maximum Gasteiger partial charge on any atom is 0.202 e. The van der Waals surface area contributed by atoms with Crippen LogP contribution < -0.4 is 5.32 Å². The van der Waals surface area contributed by atoms with Gasteiger partial charge in [0, 0.05) is 25.2 Å². The SMILES string of the molecule is CCNc1nc(C(OC)C(C)(C)C)ns1. The van der Waals surface area contributed by atoms with Gasteiger partial charge in [0.2, 0.25) is 5.13 Å². The van der Waals surface area contributed by atoms with Crippen LogP contribution in [-0.4, -0.2) is 23.0 Å². The number of anilines is 1. The third kappa shape index (κ3) is 3.14. The molecule has 1 aromatic rings. The van der Waals surface area contributed by atoms with Crippen LogP contribution in [0.2, 0.25) is 0 Å². The lowest BCUT2D eigenvalue weighted by molar-refractivity contribution is 0.00960. The number of nitrogens with zero attached hydrogens (tertiary/aromatic N) is 2. The molecule has 0 spiro atoms. The van der Waals surface area contributed by atoms with Crippen molar-refractivity contribution < 1.29 is 4.74 Å². The average molecular weight is 229 g/mol. The van der Waals surface area contributed by atoms with Gasteiger partial charge in [-0.2, -0.15) is 4.37 Å². The Kier molecular flexibility index (Phi) is 4.04. The fourth-order valence-corrected chi connectivity index (χ4v) is 2.07. The van der Waals surface area contributed by atoms with E-state index in [1.54, 1.807) is 7.11 Å². The molecule has 0 aliphatic carbocycles. The standard InChI is InChI=1S/C10H19N3OS/c1-6-11-9-12-8(13-15-9)7(14-5)10(2,3)4/h7H,6H2,1-5H3,(H,11,12,13). The molecule has 1 aromatic heterocycles. The van der Waals surface area contributed by atoms with E-state index < -0.39 is 0 Å². The van der Waals surface area contributed by atoms with Gasteiger partial charge in [0.1, 0.15) is 6.10 Å². The van der Waals surface area contributed by atoms with Gasteiger partial charge in [-0.15, -0.1) is 0 Å². The quantitative estimate of drug-likeness (QED) is 0.862. The number of nitrogens with one attached hydrogen (secondary N) is 1. The number of methoxy groups -OCH3 is 1. The molecule has 0 amide bonds. The molecule has 1 unspecified atom stereocenters. The van der Waals surface area contributed by atoms with Crippen LogP contribution in [0.3, 0.4) is 0 Å². The zero-order valence-electron chi connectivity index (χ0n) is 10.00. The molecule has 86 valence electrons. The summed E-state index contributed by atoms with van der Waals surface area (Å²) in [7, 11) is 1.70. The van der Waals surface area contributed by atoms with Crippen molar-refractivity contribution in [3.05, 3.63) is 5.82 Å². The lowest BCUT2D eigenvalue weighted by Gasteiger charge is -2.26. The summed E-state index contributed by atoms with van der Waals surface area (Å²) in [6.07, 6.45) is -0.0545. The zero-order valence-corrected chi connectivity index (χ0v) is 10.8. The Morgan fingerprint density at radius 2 is 2.13 bits per heavy atom. The monoisotopic (exact) mass is 229 g/mol. The van der Waals surface area contributed by atoms with Crippen LogP contribution in [0.5, 0.6) is 0 Å². The van der Waals surface area contributed by atoms with Crippen LogP contribution in [0, 0.1) is 5.41 Å². The molecule has 0 saturated carbocycles. The summed E-state index contributed by atoms with van der Waals surface area (Å²) >= 11 is 1.38. The Hall–Kier alpha value is -0.680. The van der Waals surface area contributed by atoms with E-state index in [2.05, 4.69) is 35.4 Å². The van der Waals surface area contributed by atoms with Gasteiger partial charge in [-0.25, -0.2) is 4.98 Å². The molecule has 0 radical (unpaired) electrons. The minimum absolute atomic E-state index is 0.0132. The lowest BCUT2D eigenvalue weighted by atomic mass is 9.88. The van der Waals surface area contributed by atoms with Gasteiger partial charge in [-0.1, -0.05) is 20.8 Å². The van der Waals surface area contributed by atoms with E-state index in [-0.39, 0.29) is 11.5 Å². The van der Waals surface area contributed by atoms with Crippen molar-refractivity contribution >= 4 is 16.7 Å². The molecule has 1 N–H and O–H groups in total. The highest BCUT2D eigenvalue weighted by atomic mass is 32.1. The minimum Gasteiger partial charge on any atom is -0.373 e. The van der Waals surface area contributed by atoms with Gasteiger partial charge in [0.05, 0.1) is 0 Å². The molecule has 1 atom stereocenters. The predicted octanol–water partition coefficient (Wildman–Crippen LogP) is 2.70. The molecular formula is C10H19N3OS. The molecule has 0 aromatic carbocycles. The molecule has 4 nitrogen and oxygen atoms in total. The summed E-state index contributed by atoms with van der Waals surface area (Å²) in [5, 5.41) is 4.01. The zero-order chi connectivity index (χ0) is 11.5. The normalized spacial score (nSPS) is 13.9. The number of hydrogen-bond donors (Lipinski definition) is 1. The van der Waals surface area contributed by atoms with Crippen molar-refractivity contribution in [1.82, 2.24) is 9.36 Å². The van der Waals surface area contributed by atoms with Crippen LogP contribution in [0.1, 0.15) is 39.6 Å². The number of ether oxygens (including phenoxy) is 1. The Balaban J connectivity index is 2.83. The van der Waals surface area contributed by atoms with E-state index in [0.717, 1.165) is 17.5 Å². The van der Waals surface area contributed by atoms with E-state index in [0.29, 0.717) is 0 Å². The summed E-state index contributed by atoms with van der Waals surface area (Å²) < 4.78 is 9.76. The second-order valence-corrected chi connectivity index (χ2v) is 5.22. The first-order chi connectivity index (χ1) is 6.99. The lowest BCUT2D eigenvalue weighted by Crippen LogP contribution is -2.21. The highest BCUT2D eigenvalue weighted by Crippen LogP contribution is 2.34. The maximum atomic E-state index is 5.45. The molecule has 0 aliphatic heterocycles.